The third kappa shape index (κ3) is 6.60. The highest BCUT2D eigenvalue weighted by molar-refractivity contribution is 5.90. The molecule has 7 nitrogen and oxygen atoms in total. The summed E-state index contributed by atoms with van der Waals surface area (Å²) in [5.41, 5.74) is 10.6. The number of anilines is 4. The van der Waals surface area contributed by atoms with Gasteiger partial charge in [-0.25, -0.2) is 14.8 Å². The molecule has 0 bridgehead atoms. The summed E-state index contributed by atoms with van der Waals surface area (Å²) >= 11 is 0. The minimum Gasteiger partial charge on any atom is -0.462 e. The molecular weight excluding hydrogens is 450 g/mol. The minimum atomic E-state index is -0.337. The van der Waals surface area contributed by atoms with Crippen LogP contribution in [0.1, 0.15) is 35.3 Å². The maximum absolute atomic E-state index is 12.2. The standard InChI is InChI=1S/C29H31N5O2/c1-21(2)19-36-29(35)24-13-15-25(16-14-24)33-27-26(30)28(32-20-31-27)34(17-22-9-5-3-6-10-22)18-23-11-7-4-8-12-23/h3-16,20-21H,17-19,30H2,1-2H3,(H,31,32,33). The first kappa shape index (κ1) is 24.7. The molecule has 0 atom stereocenters. The van der Waals surface area contributed by atoms with Crippen molar-refractivity contribution >= 4 is 29.0 Å². The maximum atomic E-state index is 12.2. The zero-order chi connectivity index (χ0) is 25.3. The van der Waals surface area contributed by atoms with Crippen molar-refractivity contribution in [3.05, 3.63) is 108 Å². The van der Waals surface area contributed by atoms with Crippen LogP contribution < -0.4 is 16.0 Å². The number of rotatable bonds is 10. The lowest BCUT2D eigenvalue weighted by molar-refractivity contribution is 0.0459. The van der Waals surface area contributed by atoms with Gasteiger partial charge < -0.3 is 20.7 Å². The molecule has 0 saturated carbocycles. The Balaban J connectivity index is 1.55. The van der Waals surface area contributed by atoms with Crippen molar-refractivity contribution in [3.8, 4) is 0 Å². The van der Waals surface area contributed by atoms with E-state index < -0.39 is 0 Å². The van der Waals surface area contributed by atoms with Gasteiger partial charge in [0.05, 0.1) is 12.2 Å². The summed E-state index contributed by atoms with van der Waals surface area (Å²) in [5, 5.41) is 3.26. The van der Waals surface area contributed by atoms with Gasteiger partial charge >= 0.3 is 5.97 Å². The number of hydrogen-bond donors (Lipinski definition) is 2. The zero-order valence-corrected chi connectivity index (χ0v) is 20.6. The molecule has 0 saturated heterocycles. The molecule has 0 aliphatic heterocycles. The molecule has 184 valence electrons. The average Bonchev–Trinajstić information content (AvgIpc) is 2.90. The lowest BCUT2D eigenvalue weighted by Gasteiger charge is -2.26. The Morgan fingerprint density at radius 3 is 2.03 bits per heavy atom. The zero-order valence-electron chi connectivity index (χ0n) is 20.6. The van der Waals surface area contributed by atoms with E-state index in [1.807, 2.05) is 50.2 Å². The van der Waals surface area contributed by atoms with Gasteiger partial charge in [-0.05, 0) is 41.3 Å². The number of benzene rings is 3. The van der Waals surface area contributed by atoms with Crippen molar-refractivity contribution in [2.75, 3.05) is 22.6 Å². The van der Waals surface area contributed by atoms with Crippen molar-refractivity contribution in [1.29, 1.82) is 0 Å². The molecule has 0 spiro atoms. The van der Waals surface area contributed by atoms with Gasteiger partial charge in [-0.2, -0.15) is 0 Å². The number of aromatic nitrogens is 2. The SMILES string of the molecule is CC(C)COC(=O)c1ccc(Nc2ncnc(N(Cc3ccccc3)Cc3ccccc3)c2N)cc1. The van der Waals surface area contributed by atoms with Crippen molar-refractivity contribution in [3.63, 3.8) is 0 Å². The molecule has 36 heavy (non-hydrogen) atoms. The van der Waals surface area contributed by atoms with Crippen molar-refractivity contribution in [2.24, 2.45) is 5.92 Å². The predicted molar refractivity (Wildman–Crippen MR) is 144 cm³/mol. The van der Waals surface area contributed by atoms with Gasteiger partial charge in [0.1, 0.15) is 12.0 Å². The normalized spacial score (nSPS) is 10.8. The number of ether oxygens (including phenoxy) is 1. The van der Waals surface area contributed by atoms with E-state index in [0.717, 1.165) is 16.8 Å². The van der Waals surface area contributed by atoms with Crippen LogP contribution in [-0.2, 0) is 17.8 Å². The van der Waals surface area contributed by atoms with Crippen LogP contribution in [0.2, 0.25) is 0 Å². The lowest BCUT2D eigenvalue weighted by atomic mass is 10.1. The number of nitrogens with one attached hydrogen (secondary N) is 1. The summed E-state index contributed by atoms with van der Waals surface area (Å²) in [6.07, 6.45) is 1.51. The summed E-state index contributed by atoms with van der Waals surface area (Å²) < 4.78 is 5.30. The fraction of sp³-hybridized carbons (Fsp3) is 0.207. The van der Waals surface area contributed by atoms with Crippen LogP contribution in [0, 0.1) is 5.92 Å². The van der Waals surface area contributed by atoms with Crippen molar-refractivity contribution in [2.45, 2.75) is 26.9 Å². The second-order valence-corrected chi connectivity index (χ2v) is 8.98. The molecule has 4 aromatic rings. The first-order chi connectivity index (χ1) is 17.5. The lowest BCUT2D eigenvalue weighted by Crippen LogP contribution is -2.24. The Bertz CT molecular complexity index is 1220. The highest BCUT2D eigenvalue weighted by Gasteiger charge is 2.17. The third-order valence-electron chi connectivity index (χ3n) is 5.53. The molecule has 0 aliphatic rings. The largest absolute Gasteiger partial charge is 0.462 e. The molecule has 1 heterocycles. The topological polar surface area (TPSA) is 93.4 Å². The molecular formula is C29H31N5O2. The van der Waals surface area contributed by atoms with Crippen LogP contribution in [0.4, 0.5) is 23.0 Å². The maximum Gasteiger partial charge on any atom is 0.338 e. The Hall–Kier alpha value is -4.39. The number of carbonyl (C=O) groups is 1. The minimum absolute atomic E-state index is 0.285. The summed E-state index contributed by atoms with van der Waals surface area (Å²) in [6, 6.07) is 27.5. The van der Waals surface area contributed by atoms with Gasteiger partial charge in [-0.3, -0.25) is 0 Å². The molecule has 0 amide bonds. The average molecular weight is 482 g/mol. The highest BCUT2D eigenvalue weighted by atomic mass is 16.5. The van der Waals surface area contributed by atoms with Gasteiger partial charge in [0.2, 0.25) is 0 Å². The molecule has 4 rings (SSSR count). The summed E-state index contributed by atoms with van der Waals surface area (Å²) in [7, 11) is 0. The number of esters is 1. The Kier molecular flexibility index (Phi) is 8.13. The molecule has 3 aromatic carbocycles. The van der Waals surface area contributed by atoms with Crippen LogP contribution in [0.25, 0.3) is 0 Å². The number of nitrogens with two attached hydrogens (primary N) is 1. The molecule has 1 aromatic heterocycles. The van der Waals surface area contributed by atoms with Crippen LogP contribution in [0.3, 0.4) is 0 Å². The van der Waals surface area contributed by atoms with E-state index in [1.54, 1.807) is 24.3 Å². The first-order valence-corrected chi connectivity index (χ1v) is 12.0. The van der Waals surface area contributed by atoms with Crippen molar-refractivity contribution in [1.82, 2.24) is 9.97 Å². The van der Waals surface area contributed by atoms with Gasteiger partial charge in [0.25, 0.3) is 0 Å². The number of nitrogen functional groups attached to an aromatic ring is 1. The van der Waals surface area contributed by atoms with Crippen LogP contribution >= 0.6 is 0 Å². The van der Waals surface area contributed by atoms with E-state index in [1.165, 1.54) is 6.33 Å². The molecule has 0 fully saturated rings. The smallest absolute Gasteiger partial charge is 0.338 e. The first-order valence-electron chi connectivity index (χ1n) is 12.0. The van der Waals surface area contributed by atoms with E-state index >= 15 is 0 Å². The summed E-state index contributed by atoms with van der Waals surface area (Å²) in [6.45, 7) is 5.68. The Labute approximate surface area is 212 Å². The van der Waals surface area contributed by atoms with Crippen LogP contribution in [-0.4, -0.2) is 22.5 Å². The van der Waals surface area contributed by atoms with E-state index in [2.05, 4.69) is 44.5 Å². The Morgan fingerprint density at radius 2 is 1.47 bits per heavy atom. The third-order valence-corrected chi connectivity index (χ3v) is 5.53. The number of hydrogen-bond acceptors (Lipinski definition) is 7. The van der Waals surface area contributed by atoms with Crippen LogP contribution in [0.5, 0.6) is 0 Å². The number of nitrogens with zero attached hydrogens (tertiary/aromatic N) is 3. The fourth-order valence-electron chi connectivity index (χ4n) is 3.70. The van der Waals surface area contributed by atoms with Gasteiger partial charge in [0.15, 0.2) is 11.6 Å². The quantitative estimate of drug-likeness (QED) is 0.276. The molecule has 7 heteroatoms. The molecule has 0 unspecified atom stereocenters. The second-order valence-electron chi connectivity index (χ2n) is 8.98. The van der Waals surface area contributed by atoms with Crippen LogP contribution in [0.15, 0.2) is 91.3 Å². The van der Waals surface area contributed by atoms with E-state index in [4.69, 9.17) is 10.5 Å². The van der Waals surface area contributed by atoms with E-state index in [0.29, 0.717) is 42.6 Å². The molecule has 0 radical (unpaired) electrons. The fourth-order valence-corrected chi connectivity index (χ4v) is 3.70. The molecule has 3 N–H and O–H groups in total. The second kappa shape index (κ2) is 11.8. The Morgan fingerprint density at radius 1 is 0.889 bits per heavy atom. The van der Waals surface area contributed by atoms with Crippen molar-refractivity contribution < 1.29 is 9.53 Å². The van der Waals surface area contributed by atoms with E-state index in [9.17, 15) is 4.79 Å². The van der Waals surface area contributed by atoms with Gasteiger partial charge in [-0.1, -0.05) is 74.5 Å². The van der Waals surface area contributed by atoms with Gasteiger partial charge in [-0.15, -0.1) is 0 Å². The molecule has 0 aliphatic carbocycles. The van der Waals surface area contributed by atoms with Gasteiger partial charge in [0, 0.05) is 18.8 Å². The van der Waals surface area contributed by atoms with E-state index in [-0.39, 0.29) is 11.9 Å². The monoisotopic (exact) mass is 481 g/mol. The summed E-state index contributed by atoms with van der Waals surface area (Å²) in [4.78, 5) is 23.2. The predicted octanol–water partition coefficient (Wildman–Crippen LogP) is 5.82. The summed E-state index contributed by atoms with van der Waals surface area (Å²) in [5.74, 6) is 1.10. The number of carbonyl (C=O) groups excluding carboxylic acids is 1. The highest BCUT2D eigenvalue weighted by Crippen LogP contribution is 2.30.